The first-order chi connectivity index (χ1) is 18.7. The number of pyridine rings is 3. The predicted octanol–water partition coefficient (Wildman–Crippen LogP) is 5.30. The number of thiophene rings is 1. The number of rotatable bonds is 7. The van der Waals surface area contributed by atoms with Crippen molar-refractivity contribution in [2.75, 3.05) is 26.2 Å². The summed E-state index contributed by atoms with van der Waals surface area (Å²) in [5, 5.41) is 8.05. The first-order valence-electron chi connectivity index (χ1n) is 12.5. The number of ether oxygens (including phenoxy) is 1. The highest BCUT2D eigenvalue weighted by molar-refractivity contribution is 7.14. The smallest absolute Gasteiger partial charge is 0.176 e. The lowest BCUT2D eigenvalue weighted by Gasteiger charge is -2.15. The molecule has 1 aliphatic heterocycles. The molecule has 0 spiro atoms. The number of hydrogen-bond acceptors (Lipinski definition) is 8. The van der Waals surface area contributed by atoms with Gasteiger partial charge in [0.1, 0.15) is 23.6 Å². The molecule has 0 aromatic carbocycles. The van der Waals surface area contributed by atoms with Crippen molar-refractivity contribution in [3.8, 4) is 38.8 Å². The highest BCUT2D eigenvalue weighted by Gasteiger charge is 2.18. The normalized spacial score (nSPS) is 14.1. The van der Waals surface area contributed by atoms with Crippen LogP contribution in [0.3, 0.4) is 0 Å². The van der Waals surface area contributed by atoms with Crippen LogP contribution in [0.2, 0.25) is 0 Å². The molecule has 9 nitrogen and oxygen atoms in total. The Morgan fingerprint density at radius 1 is 1.00 bits per heavy atom. The maximum atomic E-state index is 13.7. The first kappa shape index (κ1) is 22.9. The molecule has 1 aliphatic rings. The van der Waals surface area contributed by atoms with Crippen LogP contribution in [0.4, 0.5) is 4.39 Å². The minimum Gasteiger partial charge on any atom is -0.491 e. The van der Waals surface area contributed by atoms with Crippen molar-refractivity contribution in [1.29, 1.82) is 0 Å². The molecule has 0 saturated carbocycles. The third kappa shape index (κ3) is 4.29. The van der Waals surface area contributed by atoms with E-state index in [1.165, 1.54) is 18.9 Å². The van der Waals surface area contributed by atoms with Crippen LogP contribution in [0.15, 0.2) is 55.1 Å². The van der Waals surface area contributed by atoms with Gasteiger partial charge < -0.3 is 9.72 Å². The summed E-state index contributed by atoms with van der Waals surface area (Å²) < 4.78 is 19.7. The minimum absolute atomic E-state index is 0.242. The fourth-order valence-corrected chi connectivity index (χ4v) is 5.63. The van der Waals surface area contributed by atoms with Crippen LogP contribution in [-0.2, 0) is 0 Å². The van der Waals surface area contributed by atoms with Crippen molar-refractivity contribution in [3.05, 3.63) is 60.3 Å². The Labute approximate surface area is 220 Å². The lowest BCUT2D eigenvalue weighted by molar-refractivity contribution is 0.237. The highest BCUT2D eigenvalue weighted by Crippen LogP contribution is 2.34. The number of nitrogens with one attached hydrogen (secondary N) is 2. The molecule has 190 valence electrons. The summed E-state index contributed by atoms with van der Waals surface area (Å²) in [5.41, 5.74) is 5.14. The SMILES string of the molecule is Fc1ccc(-c2ccnc3[nH]c(-c4n[nH]c5ncc(-c6cncc(OCCN7CCCC7)c6)cc45)nc23)s1. The number of halogens is 1. The van der Waals surface area contributed by atoms with Crippen molar-refractivity contribution >= 4 is 33.5 Å². The molecule has 7 rings (SSSR count). The van der Waals surface area contributed by atoms with Gasteiger partial charge in [-0.05, 0) is 56.3 Å². The topological polar surface area (TPSA) is 108 Å². The quantitative estimate of drug-likeness (QED) is 0.291. The average molecular weight is 527 g/mol. The number of H-pyrrole nitrogens is 2. The predicted molar refractivity (Wildman–Crippen MR) is 144 cm³/mol. The van der Waals surface area contributed by atoms with Gasteiger partial charge in [-0.1, -0.05) is 0 Å². The van der Waals surface area contributed by atoms with Crippen LogP contribution < -0.4 is 4.74 Å². The van der Waals surface area contributed by atoms with Crippen LogP contribution in [0.1, 0.15) is 12.8 Å². The van der Waals surface area contributed by atoms with E-state index in [1.54, 1.807) is 30.9 Å². The Hall–Kier alpha value is -4.22. The lowest BCUT2D eigenvalue weighted by Crippen LogP contribution is -2.25. The van der Waals surface area contributed by atoms with Gasteiger partial charge in [-0.25, -0.2) is 15.0 Å². The van der Waals surface area contributed by atoms with Gasteiger partial charge in [0.05, 0.1) is 11.6 Å². The zero-order valence-electron chi connectivity index (χ0n) is 20.3. The van der Waals surface area contributed by atoms with E-state index in [2.05, 4.69) is 35.0 Å². The molecule has 38 heavy (non-hydrogen) atoms. The fraction of sp³-hybridized carbons (Fsp3) is 0.222. The number of imidazole rings is 1. The summed E-state index contributed by atoms with van der Waals surface area (Å²) in [6.45, 7) is 3.85. The molecular formula is C27H23FN8OS. The fourth-order valence-electron chi connectivity index (χ4n) is 4.88. The maximum Gasteiger partial charge on any atom is 0.176 e. The van der Waals surface area contributed by atoms with Crippen LogP contribution in [0.25, 0.3) is 55.3 Å². The summed E-state index contributed by atoms with van der Waals surface area (Å²) in [7, 11) is 0. The molecule has 7 heterocycles. The minimum atomic E-state index is -0.242. The standard InChI is InChI=1S/C27H23FN8OS/c28-22-4-3-21(38-22)19-5-6-30-26-23(19)32-27(33-26)24-20-12-17(14-31-25(20)35-34-24)16-11-18(15-29-13-16)37-10-9-36-7-1-2-8-36/h3-6,11-15H,1-2,7-10H2,(H,30,32,33)(H,31,34,35). The van der Waals surface area contributed by atoms with Crippen molar-refractivity contribution < 1.29 is 9.13 Å². The van der Waals surface area contributed by atoms with E-state index in [-0.39, 0.29) is 5.13 Å². The maximum absolute atomic E-state index is 13.7. The number of hydrogen-bond donors (Lipinski definition) is 2. The molecule has 0 bridgehead atoms. The zero-order valence-corrected chi connectivity index (χ0v) is 21.1. The van der Waals surface area contributed by atoms with E-state index in [0.29, 0.717) is 34.9 Å². The van der Waals surface area contributed by atoms with Gasteiger partial charge in [-0.2, -0.15) is 9.49 Å². The molecule has 0 unspecified atom stereocenters. The van der Waals surface area contributed by atoms with Crippen LogP contribution in [0, 0.1) is 5.13 Å². The van der Waals surface area contributed by atoms with E-state index < -0.39 is 0 Å². The summed E-state index contributed by atoms with van der Waals surface area (Å²) in [4.78, 5) is 24.7. The Balaban J connectivity index is 1.20. The van der Waals surface area contributed by atoms with E-state index in [4.69, 9.17) is 9.72 Å². The van der Waals surface area contributed by atoms with Crippen molar-refractivity contribution in [2.45, 2.75) is 12.8 Å². The van der Waals surface area contributed by atoms with E-state index in [1.807, 2.05) is 18.2 Å². The number of likely N-dealkylation sites (tertiary alicyclic amines) is 1. The van der Waals surface area contributed by atoms with Gasteiger partial charge in [0.15, 0.2) is 22.2 Å². The van der Waals surface area contributed by atoms with Crippen molar-refractivity contribution in [2.24, 2.45) is 0 Å². The molecule has 6 aromatic heterocycles. The number of aromatic nitrogens is 7. The molecule has 11 heteroatoms. The third-order valence-corrected chi connectivity index (χ3v) is 7.69. The Morgan fingerprint density at radius 3 is 2.76 bits per heavy atom. The molecule has 1 saturated heterocycles. The van der Waals surface area contributed by atoms with Gasteiger partial charge in [0, 0.05) is 46.7 Å². The molecule has 1 fully saturated rings. The molecule has 0 radical (unpaired) electrons. The Kier molecular flexibility index (Phi) is 5.78. The molecule has 2 N–H and O–H groups in total. The van der Waals surface area contributed by atoms with E-state index >= 15 is 0 Å². The number of nitrogens with zero attached hydrogens (tertiary/aromatic N) is 6. The summed E-state index contributed by atoms with van der Waals surface area (Å²) in [6, 6.07) is 9.05. The van der Waals surface area contributed by atoms with Gasteiger partial charge in [-0.3, -0.25) is 15.0 Å². The zero-order chi connectivity index (χ0) is 25.5. The largest absolute Gasteiger partial charge is 0.491 e. The van der Waals surface area contributed by atoms with E-state index in [0.717, 1.165) is 63.7 Å². The second-order valence-electron chi connectivity index (χ2n) is 9.24. The van der Waals surface area contributed by atoms with Crippen LogP contribution >= 0.6 is 11.3 Å². The Morgan fingerprint density at radius 2 is 1.89 bits per heavy atom. The average Bonchev–Trinajstić information content (AvgIpc) is 3.74. The van der Waals surface area contributed by atoms with Gasteiger partial charge in [0.2, 0.25) is 0 Å². The van der Waals surface area contributed by atoms with Gasteiger partial charge >= 0.3 is 0 Å². The van der Waals surface area contributed by atoms with Gasteiger partial charge in [0.25, 0.3) is 0 Å². The second kappa shape index (κ2) is 9.58. The number of fused-ring (bicyclic) bond motifs is 2. The Bertz CT molecular complexity index is 1750. The van der Waals surface area contributed by atoms with Crippen molar-refractivity contribution in [3.63, 3.8) is 0 Å². The molecule has 0 aliphatic carbocycles. The molecule has 6 aromatic rings. The summed E-state index contributed by atoms with van der Waals surface area (Å²) >= 11 is 1.08. The summed E-state index contributed by atoms with van der Waals surface area (Å²) in [5.74, 6) is 1.29. The monoisotopic (exact) mass is 526 g/mol. The lowest BCUT2D eigenvalue weighted by atomic mass is 10.1. The van der Waals surface area contributed by atoms with Crippen LogP contribution in [0.5, 0.6) is 5.75 Å². The third-order valence-electron chi connectivity index (χ3n) is 6.79. The second-order valence-corrected chi connectivity index (χ2v) is 10.3. The van der Waals surface area contributed by atoms with E-state index in [9.17, 15) is 4.39 Å². The van der Waals surface area contributed by atoms with Crippen molar-refractivity contribution in [1.82, 2.24) is 40.0 Å². The molecule has 0 atom stereocenters. The number of aromatic amines is 2. The van der Waals surface area contributed by atoms with Gasteiger partial charge in [-0.15, -0.1) is 11.3 Å². The highest BCUT2D eigenvalue weighted by atomic mass is 32.1. The summed E-state index contributed by atoms with van der Waals surface area (Å²) in [6.07, 6.45) is 9.55. The molecular weight excluding hydrogens is 503 g/mol. The van der Waals surface area contributed by atoms with Crippen LogP contribution in [-0.4, -0.2) is 66.3 Å². The first-order valence-corrected chi connectivity index (χ1v) is 13.3. The molecule has 0 amide bonds.